The molecule has 0 unspecified atom stereocenters. The molecule has 2 rings (SSSR count). The summed E-state index contributed by atoms with van der Waals surface area (Å²) >= 11 is 6.08. The van der Waals surface area contributed by atoms with Crippen LogP contribution in [0.2, 0.25) is 5.02 Å². The van der Waals surface area contributed by atoms with Gasteiger partial charge in [-0.2, -0.15) is 0 Å². The smallest absolute Gasteiger partial charge is 0.274 e. The van der Waals surface area contributed by atoms with Crippen LogP contribution in [0, 0.1) is 12.8 Å². The molecule has 1 aromatic heterocycles. The number of aryl methyl sites for hydroxylation is 1. The quantitative estimate of drug-likeness (QED) is 0.927. The van der Waals surface area contributed by atoms with Gasteiger partial charge < -0.3 is 10.0 Å². The van der Waals surface area contributed by atoms with E-state index in [1.807, 2.05) is 0 Å². The van der Waals surface area contributed by atoms with Gasteiger partial charge in [0.2, 0.25) is 0 Å². The Balaban J connectivity index is 2.34. The van der Waals surface area contributed by atoms with Crippen LogP contribution in [-0.4, -0.2) is 44.6 Å². The van der Waals surface area contributed by atoms with E-state index in [0.29, 0.717) is 18.3 Å². The number of carbonyl (C=O) groups is 1. The fourth-order valence-corrected chi connectivity index (χ4v) is 3.36. The van der Waals surface area contributed by atoms with Gasteiger partial charge in [-0.25, -0.2) is 9.97 Å². The van der Waals surface area contributed by atoms with Crippen molar-refractivity contribution in [2.24, 2.45) is 5.92 Å². The first-order valence-corrected chi connectivity index (χ1v) is 7.69. The molecule has 1 aliphatic heterocycles. The first kappa shape index (κ1) is 16.2. The van der Waals surface area contributed by atoms with Crippen LogP contribution in [0.3, 0.4) is 0 Å². The van der Waals surface area contributed by atoms with E-state index in [2.05, 4.69) is 23.8 Å². The maximum Gasteiger partial charge on any atom is 0.274 e. The van der Waals surface area contributed by atoms with Gasteiger partial charge in [0, 0.05) is 6.54 Å². The molecule has 21 heavy (non-hydrogen) atoms. The third-order valence-electron chi connectivity index (χ3n) is 3.99. The molecule has 1 atom stereocenters. The standard InChI is InChI=1S/C15H22ClN3O2/c1-10(2)7-15(9-20)5-4-6-19(15)14(21)13-12(16)8-17-11(3)18-13/h8,10,20H,4-7,9H2,1-3H3/t15-/m1/s1. The predicted octanol–water partition coefficient (Wildman–Crippen LogP) is 2.45. The Bertz CT molecular complexity index is 536. The van der Waals surface area contributed by atoms with Gasteiger partial charge in [-0.3, -0.25) is 4.79 Å². The van der Waals surface area contributed by atoms with Gasteiger partial charge in [0.15, 0.2) is 5.69 Å². The lowest BCUT2D eigenvalue weighted by molar-refractivity contribution is 0.0327. The van der Waals surface area contributed by atoms with Crippen LogP contribution in [-0.2, 0) is 0 Å². The lowest BCUT2D eigenvalue weighted by atomic mass is 9.87. The summed E-state index contributed by atoms with van der Waals surface area (Å²) in [6.07, 6.45) is 3.93. The average Bonchev–Trinajstić information content (AvgIpc) is 2.84. The van der Waals surface area contributed by atoms with Crippen molar-refractivity contribution in [2.45, 2.75) is 45.6 Å². The highest BCUT2D eigenvalue weighted by Crippen LogP contribution is 2.36. The zero-order valence-electron chi connectivity index (χ0n) is 12.8. The number of aliphatic hydroxyl groups excluding tert-OH is 1. The second kappa shape index (κ2) is 6.28. The number of nitrogens with zero attached hydrogens (tertiary/aromatic N) is 3. The van der Waals surface area contributed by atoms with E-state index in [0.717, 1.165) is 19.3 Å². The Hall–Kier alpha value is -1.20. The van der Waals surface area contributed by atoms with E-state index in [1.165, 1.54) is 6.20 Å². The van der Waals surface area contributed by atoms with E-state index >= 15 is 0 Å². The van der Waals surface area contributed by atoms with E-state index in [9.17, 15) is 9.90 Å². The maximum atomic E-state index is 12.8. The molecule has 1 amide bonds. The fraction of sp³-hybridized carbons (Fsp3) is 0.667. The third kappa shape index (κ3) is 3.19. The van der Waals surface area contributed by atoms with E-state index < -0.39 is 5.54 Å². The van der Waals surface area contributed by atoms with E-state index in [-0.39, 0.29) is 23.2 Å². The van der Waals surface area contributed by atoms with Crippen molar-refractivity contribution in [3.63, 3.8) is 0 Å². The second-order valence-electron chi connectivity index (χ2n) is 6.15. The highest BCUT2D eigenvalue weighted by Gasteiger charge is 2.44. The summed E-state index contributed by atoms with van der Waals surface area (Å²) in [5.74, 6) is 0.700. The van der Waals surface area contributed by atoms with Crippen molar-refractivity contribution < 1.29 is 9.90 Å². The molecule has 0 bridgehead atoms. The van der Waals surface area contributed by atoms with Crippen molar-refractivity contribution in [1.29, 1.82) is 0 Å². The van der Waals surface area contributed by atoms with Crippen molar-refractivity contribution in [3.8, 4) is 0 Å². The molecule has 1 fully saturated rings. The molecule has 0 spiro atoms. The van der Waals surface area contributed by atoms with Crippen molar-refractivity contribution in [2.75, 3.05) is 13.2 Å². The predicted molar refractivity (Wildman–Crippen MR) is 81.3 cm³/mol. The molecule has 1 N–H and O–H groups in total. The molecule has 0 saturated carbocycles. The van der Waals surface area contributed by atoms with Crippen LogP contribution in [0.15, 0.2) is 6.20 Å². The van der Waals surface area contributed by atoms with E-state index in [1.54, 1.807) is 11.8 Å². The molecule has 116 valence electrons. The molecular weight excluding hydrogens is 290 g/mol. The van der Waals surface area contributed by atoms with Gasteiger partial charge in [-0.1, -0.05) is 25.4 Å². The molecule has 1 saturated heterocycles. The summed E-state index contributed by atoms with van der Waals surface area (Å²) < 4.78 is 0. The molecule has 5 nitrogen and oxygen atoms in total. The molecule has 1 aromatic rings. The summed E-state index contributed by atoms with van der Waals surface area (Å²) in [7, 11) is 0. The Kier molecular flexibility index (Phi) is 4.84. The van der Waals surface area contributed by atoms with Crippen LogP contribution in [0.25, 0.3) is 0 Å². The van der Waals surface area contributed by atoms with Crippen LogP contribution in [0.5, 0.6) is 0 Å². The normalized spacial score (nSPS) is 22.1. The summed E-state index contributed by atoms with van der Waals surface area (Å²) in [6.45, 7) is 6.52. The highest BCUT2D eigenvalue weighted by molar-refractivity contribution is 6.33. The number of aliphatic hydroxyl groups is 1. The SMILES string of the molecule is Cc1ncc(Cl)c(C(=O)N2CCC[C@]2(CO)CC(C)C)n1. The largest absolute Gasteiger partial charge is 0.394 e. The van der Waals surface area contributed by atoms with Gasteiger partial charge >= 0.3 is 0 Å². The van der Waals surface area contributed by atoms with Gasteiger partial charge in [0.1, 0.15) is 5.82 Å². The van der Waals surface area contributed by atoms with E-state index in [4.69, 9.17) is 11.6 Å². The number of hydrogen-bond acceptors (Lipinski definition) is 4. The van der Waals surface area contributed by atoms with Gasteiger partial charge in [-0.05, 0) is 32.1 Å². The van der Waals surface area contributed by atoms with Gasteiger partial charge in [0.25, 0.3) is 5.91 Å². The average molecular weight is 312 g/mol. The van der Waals surface area contributed by atoms with Crippen molar-refractivity contribution in [3.05, 3.63) is 22.7 Å². The summed E-state index contributed by atoms with van der Waals surface area (Å²) in [5, 5.41) is 10.2. The molecule has 6 heteroatoms. The van der Waals surface area contributed by atoms with Gasteiger partial charge in [0.05, 0.1) is 23.4 Å². The number of aromatic nitrogens is 2. The molecule has 2 heterocycles. The number of carbonyl (C=O) groups excluding carboxylic acids is 1. The lowest BCUT2D eigenvalue weighted by Crippen LogP contribution is -2.51. The number of hydrogen-bond donors (Lipinski definition) is 1. The van der Waals surface area contributed by atoms with Crippen LogP contribution in [0.4, 0.5) is 0 Å². The molecule has 1 aliphatic rings. The molecular formula is C15H22ClN3O2. The Morgan fingerprint density at radius 2 is 2.29 bits per heavy atom. The molecule has 0 aromatic carbocycles. The summed E-state index contributed by atoms with van der Waals surface area (Å²) in [6, 6.07) is 0. The Labute approximate surface area is 130 Å². The minimum Gasteiger partial charge on any atom is -0.394 e. The zero-order chi connectivity index (χ0) is 15.6. The summed E-state index contributed by atoms with van der Waals surface area (Å²) in [4.78, 5) is 22.7. The topological polar surface area (TPSA) is 66.3 Å². The maximum absolute atomic E-state index is 12.8. The third-order valence-corrected chi connectivity index (χ3v) is 4.27. The fourth-order valence-electron chi connectivity index (χ4n) is 3.19. The number of halogens is 1. The van der Waals surface area contributed by atoms with Crippen molar-refractivity contribution in [1.82, 2.24) is 14.9 Å². The Morgan fingerprint density at radius 3 is 2.90 bits per heavy atom. The number of rotatable bonds is 4. The van der Waals surface area contributed by atoms with Crippen LogP contribution in [0.1, 0.15) is 49.4 Å². The number of likely N-dealkylation sites (tertiary alicyclic amines) is 1. The molecule has 0 aliphatic carbocycles. The monoisotopic (exact) mass is 311 g/mol. The second-order valence-corrected chi connectivity index (χ2v) is 6.56. The van der Waals surface area contributed by atoms with Crippen molar-refractivity contribution >= 4 is 17.5 Å². The van der Waals surface area contributed by atoms with Crippen LogP contribution >= 0.6 is 11.6 Å². The first-order chi connectivity index (χ1) is 9.89. The first-order valence-electron chi connectivity index (χ1n) is 7.31. The summed E-state index contributed by atoms with van der Waals surface area (Å²) in [5.41, 5.74) is -0.263. The minimum absolute atomic E-state index is 0.0292. The lowest BCUT2D eigenvalue weighted by Gasteiger charge is -2.38. The zero-order valence-corrected chi connectivity index (χ0v) is 13.5. The molecule has 0 radical (unpaired) electrons. The van der Waals surface area contributed by atoms with Gasteiger partial charge in [-0.15, -0.1) is 0 Å². The number of amides is 1. The Morgan fingerprint density at radius 1 is 1.57 bits per heavy atom. The highest BCUT2D eigenvalue weighted by atomic mass is 35.5. The van der Waals surface area contributed by atoms with Crippen LogP contribution < -0.4 is 0 Å². The minimum atomic E-state index is -0.493.